The van der Waals surface area contributed by atoms with E-state index in [4.69, 9.17) is 18.0 Å². The van der Waals surface area contributed by atoms with E-state index in [1.807, 2.05) is 13.8 Å². The summed E-state index contributed by atoms with van der Waals surface area (Å²) in [5.74, 6) is 0.220. The maximum atomic E-state index is 12.0. The summed E-state index contributed by atoms with van der Waals surface area (Å²) in [5, 5.41) is 0. The van der Waals surface area contributed by atoms with Gasteiger partial charge < -0.3 is 5.73 Å². The lowest BCUT2D eigenvalue weighted by Crippen LogP contribution is -2.30. The monoisotopic (exact) mass is 300 g/mol. The molecule has 0 bridgehead atoms. The highest BCUT2D eigenvalue weighted by molar-refractivity contribution is 7.88. The summed E-state index contributed by atoms with van der Waals surface area (Å²) < 4.78 is 26.6. The van der Waals surface area contributed by atoms with Gasteiger partial charge in [0.15, 0.2) is 0 Å². The van der Waals surface area contributed by atoms with Crippen LogP contribution in [-0.2, 0) is 15.8 Å². The molecule has 0 aromatic heterocycles. The first-order valence-corrected chi connectivity index (χ1v) is 8.26. The number of sulfonamides is 1. The van der Waals surface area contributed by atoms with Crippen LogP contribution in [0.2, 0.25) is 0 Å². The second-order valence-electron chi connectivity index (χ2n) is 4.64. The fourth-order valence-corrected chi connectivity index (χ4v) is 3.06. The van der Waals surface area contributed by atoms with E-state index in [1.165, 1.54) is 0 Å². The zero-order valence-corrected chi connectivity index (χ0v) is 12.9. The Kier molecular flexibility index (Phi) is 5.90. The molecule has 1 atom stereocenters. The SMILES string of the molecule is CCC(C)CNS(=O)(=O)Cc1ccccc1C(N)=S. The van der Waals surface area contributed by atoms with Crippen LogP contribution in [0.4, 0.5) is 0 Å². The molecule has 1 aromatic rings. The Hall–Kier alpha value is -0.980. The van der Waals surface area contributed by atoms with Crippen molar-refractivity contribution in [1.29, 1.82) is 0 Å². The molecular formula is C13H20N2O2S2. The zero-order chi connectivity index (χ0) is 14.5. The minimum Gasteiger partial charge on any atom is -0.389 e. The Labute approximate surface area is 120 Å². The summed E-state index contributed by atoms with van der Waals surface area (Å²) in [4.78, 5) is 0.215. The molecule has 6 heteroatoms. The van der Waals surface area contributed by atoms with E-state index in [0.717, 1.165) is 6.42 Å². The highest BCUT2D eigenvalue weighted by Gasteiger charge is 2.15. The molecule has 0 spiro atoms. The van der Waals surface area contributed by atoms with E-state index in [-0.39, 0.29) is 10.7 Å². The lowest BCUT2D eigenvalue weighted by molar-refractivity contribution is 0.528. The second-order valence-corrected chi connectivity index (χ2v) is 6.89. The van der Waals surface area contributed by atoms with E-state index in [1.54, 1.807) is 24.3 Å². The quantitative estimate of drug-likeness (QED) is 0.753. The second kappa shape index (κ2) is 6.98. The van der Waals surface area contributed by atoms with Crippen molar-refractivity contribution in [2.45, 2.75) is 26.0 Å². The fraction of sp³-hybridized carbons (Fsp3) is 0.462. The van der Waals surface area contributed by atoms with Gasteiger partial charge in [0.25, 0.3) is 0 Å². The molecule has 0 aliphatic heterocycles. The average molecular weight is 300 g/mol. The molecule has 0 amide bonds. The summed E-state index contributed by atoms with van der Waals surface area (Å²) in [6, 6.07) is 7.04. The molecule has 1 aromatic carbocycles. The van der Waals surface area contributed by atoms with Gasteiger partial charge in [0, 0.05) is 12.1 Å². The third-order valence-corrected chi connectivity index (χ3v) is 4.49. The molecule has 0 heterocycles. The maximum Gasteiger partial charge on any atom is 0.215 e. The van der Waals surface area contributed by atoms with Gasteiger partial charge in [0.2, 0.25) is 10.0 Å². The van der Waals surface area contributed by atoms with Crippen molar-refractivity contribution in [3.63, 3.8) is 0 Å². The van der Waals surface area contributed by atoms with Gasteiger partial charge in [-0.3, -0.25) is 0 Å². The van der Waals surface area contributed by atoms with Crippen molar-refractivity contribution in [2.75, 3.05) is 6.54 Å². The van der Waals surface area contributed by atoms with Gasteiger partial charge in [-0.1, -0.05) is 56.8 Å². The van der Waals surface area contributed by atoms with Gasteiger partial charge in [-0.2, -0.15) is 0 Å². The number of nitrogens with one attached hydrogen (secondary N) is 1. The van der Waals surface area contributed by atoms with Gasteiger partial charge in [0.05, 0.1) is 5.75 Å². The van der Waals surface area contributed by atoms with Gasteiger partial charge in [-0.25, -0.2) is 13.1 Å². The number of nitrogens with two attached hydrogens (primary N) is 1. The van der Waals surface area contributed by atoms with E-state index in [9.17, 15) is 8.42 Å². The first-order valence-electron chi connectivity index (χ1n) is 6.20. The van der Waals surface area contributed by atoms with Crippen LogP contribution in [0.25, 0.3) is 0 Å². The number of thiocarbonyl (C=S) groups is 1. The molecule has 0 saturated heterocycles. The van der Waals surface area contributed by atoms with Crippen molar-refractivity contribution in [2.24, 2.45) is 11.7 Å². The van der Waals surface area contributed by atoms with Crippen LogP contribution >= 0.6 is 12.2 Å². The van der Waals surface area contributed by atoms with E-state index >= 15 is 0 Å². The molecule has 19 heavy (non-hydrogen) atoms. The van der Waals surface area contributed by atoms with Crippen LogP contribution in [0.3, 0.4) is 0 Å². The van der Waals surface area contributed by atoms with Crippen molar-refractivity contribution >= 4 is 27.2 Å². The third-order valence-electron chi connectivity index (χ3n) is 2.98. The summed E-state index contributed by atoms with van der Waals surface area (Å²) >= 11 is 4.93. The Balaban J connectivity index is 2.81. The molecule has 0 fully saturated rings. The van der Waals surface area contributed by atoms with Gasteiger partial charge >= 0.3 is 0 Å². The van der Waals surface area contributed by atoms with Crippen LogP contribution in [0.15, 0.2) is 24.3 Å². The Bertz CT molecular complexity index is 541. The summed E-state index contributed by atoms with van der Waals surface area (Å²) in [6.07, 6.45) is 0.937. The molecule has 0 aliphatic carbocycles. The van der Waals surface area contributed by atoms with E-state index in [0.29, 0.717) is 23.6 Å². The molecule has 106 valence electrons. The molecule has 0 saturated carbocycles. The van der Waals surface area contributed by atoms with E-state index in [2.05, 4.69) is 4.72 Å². The molecule has 0 aliphatic rings. The van der Waals surface area contributed by atoms with Gasteiger partial charge in [-0.05, 0) is 11.5 Å². The topological polar surface area (TPSA) is 72.2 Å². The number of hydrogen-bond donors (Lipinski definition) is 2. The van der Waals surface area contributed by atoms with Crippen LogP contribution in [0.1, 0.15) is 31.4 Å². The molecule has 3 N–H and O–H groups in total. The third kappa shape index (κ3) is 5.26. The van der Waals surface area contributed by atoms with Gasteiger partial charge in [-0.15, -0.1) is 0 Å². The molecule has 0 radical (unpaired) electrons. The van der Waals surface area contributed by atoms with Crippen LogP contribution in [0.5, 0.6) is 0 Å². The van der Waals surface area contributed by atoms with Crippen LogP contribution in [-0.4, -0.2) is 20.0 Å². The number of rotatable bonds is 7. The predicted molar refractivity (Wildman–Crippen MR) is 82.4 cm³/mol. The summed E-state index contributed by atoms with van der Waals surface area (Å²) in [7, 11) is -3.36. The molecular weight excluding hydrogens is 280 g/mol. The van der Waals surface area contributed by atoms with Gasteiger partial charge in [0.1, 0.15) is 4.99 Å². The van der Waals surface area contributed by atoms with Crippen molar-refractivity contribution in [3.8, 4) is 0 Å². The Morgan fingerprint density at radius 1 is 1.42 bits per heavy atom. The molecule has 1 rings (SSSR count). The normalized spacial score (nSPS) is 13.2. The molecule has 4 nitrogen and oxygen atoms in total. The van der Waals surface area contributed by atoms with Crippen LogP contribution < -0.4 is 10.5 Å². The molecule has 1 unspecified atom stereocenters. The smallest absolute Gasteiger partial charge is 0.215 e. The zero-order valence-electron chi connectivity index (χ0n) is 11.2. The Morgan fingerprint density at radius 3 is 2.63 bits per heavy atom. The lowest BCUT2D eigenvalue weighted by Gasteiger charge is -2.12. The van der Waals surface area contributed by atoms with Crippen molar-refractivity contribution < 1.29 is 8.42 Å². The maximum absolute atomic E-state index is 12.0. The summed E-state index contributed by atoms with van der Waals surface area (Å²) in [6.45, 7) is 4.49. The Morgan fingerprint density at radius 2 is 2.05 bits per heavy atom. The summed E-state index contributed by atoms with van der Waals surface area (Å²) in [5.41, 5.74) is 6.84. The first kappa shape index (κ1) is 16.1. The average Bonchev–Trinajstić information content (AvgIpc) is 2.36. The van der Waals surface area contributed by atoms with E-state index < -0.39 is 10.0 Å². The van der Waals surface area contributed by atoms with Crippen molar-refractivity contribution in [1.82, 2.24) is 4.72 Å². The van der Waals surface area contributed by atoms with Crippen LogP contribution in [0, 0.1) is 5.92 Å². The standard InChI is InChI=1S/C13H20N2O2S2/c1-3-10(2)8-15-19(16,17)9-11-6-4-5-7-12(11)13(14)18/h4-7,10,15H,3,8-9H2,1-2H3,(H2,14,18). The number of benzene rings is 1. The van der Waals surface area contributed by atoms with Crippen molar-refractivity contribution in [3.05, 3.63) is 35.4 Å². The first-order chi connectivity index (χ1) is 8.85. The lowest BCUT2D eigenvalue weighted by atomic mass is 10.1. The fourth-order valence-electron chi connectivity index (χ4n) is 1.56. The number of hydrogen-bond acceptors (Lipinski definition) is 3. The highest BCUT2D eigenvalue weighted by atomic mass is 32.2. The highest BCUT2D eigenvalue weighted by Crippen LogP contribution is 2.12. The minimum atomic E-state index is -3.36. The minimum absolute atomic E-state index is 0.100. The predicted octanol–water partition coefficient (Wildman–Crippen LogP) is 1.79. The largest absolute Gasteiger partial charge is 0.389 e.